The Bertz CT molecular complexity index is 1050. The maximum atomic E-state index is 12.6. The predicted octanol–water partition coefficient (Wildman–Crippen LogP) is 3.69. The summed E-state index contributed by atoms with van der Waals surface area (Å²) < 4.78 is 10.2. The first-order valence-corrected chi connectivity index (χ1v) is 9.76. The number of nitro groups is 1. The van der Waals surface area contributed by atoms with E-state index in [1.165, 1.54) is 31.6 Å². The van der Waals surface area contributed by atoms with Gasteiger partial charge in [-0.25, -0.2) is 0 Å². The highest BCUT2D eigenvalue weighted by Crippen LogP contribution is 2.34. The Hall–Kier alpha value is -3.43. The lowest BCUT2D eigenvalue weighted by Gasteiger charge is -2.11. The zero-order valence-electron chi connectivity index (χ0n) is 16.3. The Labute approximate surface area is 176 Å². The molecule has 156 valence electrons. The average molecular weight is 428 g/mol. The number of carbonyl (C=O) groups is 1. The van der Waals surface area contributed by atoms with Crippen LogP contribution >= 0.6 is 11.3 Å². The van der Waals surface area contributed by atoms with Gasteiger partial charge in [-0.3, -0.25) is 14.9 Å². The maximum absolute atomic E-state index is 12.6. The van der Waals surface area contributed by atoms with E-state index in [1.54, 1.807) is 12.1 Å². The molecule has 1 unspecified atom stereocenters. The minimum atomic E-state index is -0.757. The first kappa shape index (κ1) is 21.3. The van der Waals surface area contributed by atoms with Gasteiger partial charge in [0.05, 0.1) is 31.8 Å². The summed E-state index contributed by atoms with van der Waals surface area (Å²) in [4.78, 5) is 24.9. The zero-order chi connectivity index (χ0) is 21.7. The summed E-state index contributed by atoms with van der Waals surface area (Å²) in [7, 11) is 2.75. The van der Waals surface area contributed by atoms with Crippen molar-refractivity contribution in [2.45, 2.75) is 12.6 Å². The molecule has 0 saturated heterocycles. The number of nitrogens with one attached hydrogen (secondary N) is 1. The molecule has 3 aromatic rings. The number of carbonyl (C=O) groups excluding carboxylic acids is 1. The van der Waals surface area contributed by atoms with Gasteiger partial charge < -0.3 is 19.9 Å². The number of aliphatic hydroxyl groups is 1. The molecule has 1 amide bonds. The van der Waals surface area contributed by atoms with Crippen molar-refractivity contribution in [1.82, 2.24) is 5.32 Å². The van der Waals surface area contributed by atoms with E-state index in [2.05, 4.69) is 5.32 Å². The van der Waals surface area contributed by atoms with Gasteiger partial charge in [-0.15, -0.1) is 11.3 Å². The van der Waals surface area contributed by atoms with E-state index < -0.39 is 16.9 Å². The average Bonchev–Trinajstić information content (AvgIpc) is 3.25. The molecule has 0 bridgehead atoms. The molecule has 1 heterocycles. The van der Waals surface area contributed by atoms with E-state index in [4.69, 9.17) is 9.47 Å². The molecule has 1 atom stereocenters. The van der Waals surface area contributed by atoms with Gasteiger partial charge in [0.15, 0.2) is 11.5 Å². The molecular formula is C21H20N2O6S. The van der Waals surface area contributed by atoms with Crippen molar-refractivity contribution in [3.8, 4) is 11.5 Å². The minimum Gasteiger partial charge on any atom is -0.493 e. The minimum absolute atomic E-state index is 0.126. The number of nitro benzene ring substituents is 1. The number of rotatable bonds is 8. The SMILES string of the molecule is COc1cc(C(=O)NCc2ccc(C(O)c3ccccc3)s2)c([N+](=O)[O-])cc1OC. The molecule has 8 nitrogen and oxygen atoms in total. The van der Waals surface area contributed by atoms with Crippen LogP contribution in [-0.2, 0) is 6.54 Å². The first-order valence-electron chi connectivity index (χ1n) is 8.94. The van der Waals surface area contributed by atoms with Gasteiger partial charge in [0, 0.05) is 15.8 Å². The summed E-state index contributed by atoms with van der Waals surface area (Å²) in [5.74, 6) is -0.225. The van der Waals surface area contributed by atoms with Crippen molar-refractivity contribution >= 4 is 22.9 Å². The van der Waals surface area contributed by atoms with E-state index >= 15 is 0 Å². The predicted molar refractivity (Wildman–Crippen MR) is 112 cm³/mol. The molecule has 1 aromatic heterocycles. The summed E-state index contributed by atoms with van der Waals surface area (Å²) >= 11 is 1.35. The smallest absolute Gasteiger partial charge is 0.286 e. The normalized spacial score (nSPS) is 11.6. The van der Waals surface area contributed by atoms with E-state index in [0.29, 0.717) is 0 Å². The molecule has 2 aromatic carbocycles. The summed E-state index contributed by atoms with van der Waals surface area (Å²) in [6.07, 6.45) is -0.757. The highest BCUT2D eigenvalue weighted by atomic mass is 32.1. The Kier molecular flexibility index (Phi) is 6.65. The summed E-state index contributed by atoms with van der Waals surface area (Å²) in [5, 5.41) is 24.6. The second kappa shape index (κ2) is 9.38. The van der Waals surface area contributed by atoms with Gasteiger partial charge in [-0.1, -0.05) is 30.3 Å². The Balaban J connectivity index is 1.75. The summed E-state index contributed by atoms with van der Waals surface area (Å²) in [5.41, 5.74) is 0.270. The van der Waals surface area contributed by atoms with Crippen LogP contribution in [0.2, 0.25) is 0 Å². The van der Waals surface area contributed by atoms with Crippen LogP contribution in [0.25, 0.3) is 0 Å². The molecule has 9 heteroatoms. The van der Waals surface area contributed by atoms with Crippen molar-refractivity contribution in [2.75, 3.05) is 14.2 Å². The molecule has 0 aliphatic heterocycles. The van der Waals surface area contributed by atoms with Gasteiger partial charge in [0.25, 0.3) is 11.6 Å². The zero-order valence-corrected chi connectivity index (χ0v) is 17.1. The van der Waals surface area contributed by atoms with Gasteiger partial charge in [-0.05, 0) is 17.7 Å². The Morgan fingerprint density at radius 3 is 2.43 bits per heavy atom. The summed E-state index contributed by atoms with van der Waals surface area (Å²) in [6.45, 7) is 0.163. The molecule has 0 aliphatic carbocycles. The van der Waals surface area contributed by atoms with Gasteiger partial charge in [-0.2, -0.15) is 0 Å². The van der Waals surface area contributed by atoms with Crippen LogP contribution in [0.15, 0.2) is 54.6 Å². The second-order valence-corrected chi connectivity index (χ2v) is 7.48. The van der Waals surface area contributed by atoms with E-state index in [1.807, 2.05) is 30.3 Å². The fourth-order valence-electron chi connectivity index (χ4n) is 2.90. The largest absolute Gasteiger partial charge is 0.493 e. The van der Waals surface area contributed by atoms with Crippen molar-refractivity contribution < 1.29 is 24.3 Å². The van der Waals surface area contributed by atoms with Crippen LogP contribution in [-0.4, -0.2) is 30.2 Å². The number of amides is 1. The Morgan fingerprint density at radius 2 is 1.80 bits per heavy atom. The van der Waals surface area contributed by atoms with Crippen LogP contribution in [0.5, 0.6) is 11.5 Å². The van der Waals surface area contributed by atoms with Crippen LogP contribution in [0.1, 0.15) is 31.8 Å². The Morgan fingerprint density at radius 1 is 1.13 bits per heavy atom. The fourth-order valence-corrected chi connectivity index (χ4v) is 3.87. The molecule has 30 heavy (non-hydrogen) atoms. The van der Waals surface area contributed by atoms with E-state index in [0.717, 1.165) is 21.4 Å². The number of aliphatic hydroxyl groups excluding tert-OH is 1. The third kappa shape index (κ3) is 4.58. The number of nitrogens with zero attached hydrogens (tertiary/aromatic N) is 1. The number of hydrogen-bond acceptors (Lipinski definition) is 7. The molecule has 0 aliphatic rings. The lowest BCUT2D eigenvalue weighted by molar-refractivity contribution is -0.385. The highest BCUT2D eigenvalue weighted by molar-refractivity contribution is 7.12. The number of thiophene rings is 1. The molecule has 2 N–H and O–H groups in total. The topological polar surface area (TPSA) is 111 Å². The van der Waals surface area contributed by atoms with Crippen molar-refractivity contribution in [2.24, 2.45) is 0 Å². The molecule has 0 radical (unpaired) electrons. The monoisotopic (exact) mass is 428 g/mol. The van der Waals surface area contributed by atoms with Crippen molar-refractivity contribution in [3.63, 3.8) is 0 Å². The standard InChI is InChI=1S/C21H20N2O6S/c1-28-17-10-15(16(23(26)27)11-18(17)29-2)21(25)22-12-14-8-9-19(30-14)20(24)13-6-4-3-5-7-13/h3-11,20,24H,12H2,1-2H3,(H,22,25). The molecule has 3 rings (SSSR count). The van der Waals surface area contributed by atoms with Crippen LogP contribution in [0.3, 0.4) is 0 Å². The van der Waals surface area contributed by atoms with Crippen LogP contribution in [0, 0.1) is 10.1 Å². The molecule has 0 saturated carbocycles. The van der Waals surface area contributed by atoms with Crippen LogP contribution < -0.4 is 14.8 Å². The number of benzene rings is 2. The van der Waals surface area contributed by atoms with Crippen molar-refractivity contribution in [1.29, 1.82) is 0 Å². The lowest BCUT2D eigenvalue weighted by atomic mass is 10.1. The maximum Gasteiger partial charge on any atom is 0.286 e. The van der Waals surface area contributed by atoms with Gasteiger partial charge in [0.1, 0.15) is 11.7 Å². The van der Waals surface area contributed by atoms with E-state index in [9.17, 15) is 20.0 Å². The van der Waals surface area contributed by atoms with Gasteiger partial charge >= 0.3 is 0 Å². The molecule has 0 spiro atoms. The second-order valence-electron chi connectivity index (χ2n) is 6.28. The number of ether oxygens (including phenoxy) is 2. The number of methoxy groups -OCH3 is 2. The quantitative estimate of drug-likeness (QED) is 0.418. The first-order chi connectivity index (χ1) is 14.4. The summed E-state index contributed by atoms with van der Waals surface area (Å²) in [6, 6.07) is 15.3. The molecular weight excluding hydrogens is 408 g/mol. The number of hydrogen-bond donors (Lipinski definition) is 2. The third-order valence-corrected chi connectivity index (χ3v) is 5.57. The van der Waals surface area contributed by atoms with Gasteiger partial charge in [0.2, 0.25) is 0 Å². The fraction of sp³-hybridized carbons (Fsp3) is 0.190. The van der Waals surface area contributed by atoms with Crippen molar-refractivity contribution in [3.05, 3.63) is 85.6 Å². The highest BCUT2D eigenvalue weighted by Gasteiger charge is 2.24. The van der Waals surface area contributed by atoms with Crippen LogP contribution in [0.4, 0.5) is 5.69 Å². The lowest BCUT2D eigenvalue weighted by Crippen LogP contribution is -2.23. The van der Waals surface area contributed by atoms with E-state index in [-0.39, 0.29) is 29.3 Å². The molecule has 0 fully saturated rings. The third-order valence-electron chi connectivity index (χ3n) is 4.43.